The van der Waals surface area contributed by atoms with E-state index >= 15 is 0 Å². The summed E-state index contributed by atoms with van der Waals surface area (Å²) in [6.45, 7) is 2.27. The van der Waals surface area contributed by atoms with Crippen molar-refractivity contribution in [2.75, 3.05) is 0 Å². The molecule has 1 aliphatic rings. The third-order valence-electron chi connectivity index (χ3n) is 6.79. The molecule has 174 valence electrons. The lowest BCUT2D eigenvalue weighted by molar-refractivity contribution is 0.0723. The number of aromatic nitrogens is 1. The summed E-state index contributed by atoms with van der Waals surface area (Å²) in [5, 5.41) is 2.22. The number of aryl methyl sites for hydroxylation is 2. The number of nitrogens with zero attached hydrogens (tertiary/aromatic N) is 2. The Hall–Kier alpha value is -3.47. The lowest BCUT2D eigenvalue weighted by Gasteiger charge is -2.26. The summed E-state index contributed by atoms with van der Waals surface area (Å²) in [5.74, 6) is 1.56. The van der Waals surface area contributed by atoms with Crippen molar-refractivity contribution < 1.29 is 9.21 Å². The van der Waals surface area contributed by atoms with Crippen molar-refractivity contribution in [1.29, 1.82) is 0 Å². The Kier molecular flexibility index (Phi) is 5.24. The van der Waals surface area contributed by atoms with Crippen LogP contribution in [0, 0.1) is 6.92 Å². The Morgan fingerprint density at radius 2 is 1.69 bits per heavy atom. The molecule has 1 atom stereocenters. The van der Waals surface area contributed by atoms with Gasteiger partial charge in [-0.25, -0.2) is 0 Å². The van der Waals surface area contributed by atoms with Crippen LogP contribution in [0.25, 0.3) is 22.2 Å². The molecule has 5 aromatic rings. The van der Waals surface area contributed by atoms with Gasteiger partial charge in [-0.2, -0.15) is 0 Å². The van der Waals surface area contributed by atoms with Gasteiger partial charge in [-0.3, -0.25) is 4.79 Å². The first kappa shape index (κ1) is 22.0. The van der Waals surface area contributed by atoms with E-state index < -0.39 is 0 Å². The summed E-state index contributed by atoms with van der Waals surface area (Å²) in [7, 11) is 2.04. The van der Waals surface area contributed by atoms with Gasteiger partial charge in [-0.1, -0.05) is 59.6 Å². The van der Waals surface area contributed by atoms with Gasteiger partial charge in [0.15, 0.2) is 0 Å². The molecule has 2 aromatic heterocycles. The number of furan rings is 1. The molecule has 0 fully saturated rings. The summed E-state index contributed by atoms with van der Waals surface area (Å²) in [6.07, 6.45) is 0. The number of hydrogen-bond donors (Lipinski definition) is 0. The first-order valence-corrected chi connectivity index (χ1v) is 12.2. The second kappa shape index (κ2) is 8.33. The average Bonchev–Trinajstić information content (AvgIpc) is 3.48. The molecule has 6 heteroatoms. The number of benzene rings is 3. The van der Waals surface area contributed by atoms with Crippen LogP contribution in [-0.2, 0) is 13.6 Å². The van der Waals surface area contributed by atoms with E-state index in [4.69, 9.17) is 27.6 Å². The molecule has 0 saturated heterocycles. The summed E-state index contributed by atoms with van der Waals surface area (Å²) in [6, 6.07) is 25.2. The van der Waals surface area contributed by atoms with Crippen LogP contribution in [0.4, 0.5) is 0 Å². The van der Waals surface area contributed by atoms with Crippen molar-refractivity contribution >= 4 is 40.0 Å². The fraction of sp³-hybridized carbons (Fsp3) is 0.138. The largest absolute Gasteiger partial charge is 0.464 e. The standard InChI is InChI=1S/C29H22Cl2N2O2/c1-17-11-13-19(35-17)16-33-28(20-7-3-4-8-21(20)29(33)34)26-23-9-5-6-10-25(23)32(2)27(26)22-14-12-18(30)15-24(22)31/h3-15,28H,16H2,1-2H3. The van der Waals surface area contributed by atoms with Gasteiger partial charge in [-0.05, 0) is 55.0 Å². The van der Waals surface area contributed by atoms with Crippen molar-refractivity contribution in [1.82, 2.24) is 9.47 Å². The van der Waals surface area contributed by atoms with Gasteiger partial charge in [0.2, 0.25) is 0 Å². The van der Waals surface area contributed by atoms with Crippen LogP contribution in [-0.4, -0.2) is 15.4 Å². The number of carbonyl (C=O) groups excluding carboxylic acids is 1. The van der Waals surface area contributed by atoms with E-state index in [1.165, 1.54) is 0 Å². The maximum Gasteiger partial charge on any atom is 0.255 e. The molecular formula is C29H22Cl2N2O2. The van der Waals surface area contributed by atoms with E-state index in [0.717, 1.165) is 44.8 Å². The van der Waals surface area contributed by atoms with Crippen molar-refractivity contribution in [2.24, 2.45) is 7.05 Å². The molecule has 6 rings (SSSR count). The number of amides is 1. The van der Waals surface area contributed by atoms with Gasteiger partial charge < -0.3 is 13.9 Å². The smallest absolute Gasteiger partial charge is 0.255 e. The number of rotatable bonds is 4. The molecule has 1 amide bonds. The first-order valence-electron chi connectivity index (χ1n) is 11.4. The van der Waals surface area contributed by atoms with Crippen molar-refractivity contribution in [3.63, 3.8) is 0 Å². The van der Waals surface area contributed by atoms with E-state index in [-0.39, 0.29) is 11.9 Å². The topological polar surface area (TPSA) is 38.4 Å². The zero-order chi connectivity index (χ0) is 24.3. The van der Waals surface area contributed by atoms with E-state index in [1.807, 2.05) is 79.5 Å². The lowest BCUT2D eigenvalue weighted by atomic mass is 9.93. The monoisotopic (exact) mass is 500 g/mol. The molecule has 0 N–H and O–H groups in total. The Morgan fingerprint density at radius 1 is 0.914 bits per heavy atom. The Balaban J connectivity index is 1.65. The number of para-hydroxylation sites is 1. The zero-order valence-electron chi connectivity index (χ0n) is 19.3. The number of carbonyl (C=O) groups is 1. The molecule has 0 radical (unpaired) electrons. The molecule has 4 nitrogen and oxygen atoms in total. The lowest BCUT2D eigenvalue weighted by Crippen LogP contribution is -2.28. The van der Waals surface area contributed by atoms with Gasteiger partial charge in [0.1, 0.15) is 11.5 Å². The van der Waals surface area contributed by atoms with Crippen LogP contribution in [0.2, 0.25) is 10.0 Å². The zero-order valence-corrected chi connectivity index (χ0v) is 20.8. The fourth-order valence-corrected chi connectivity index (χ4v) is 5.79. The Labute approximate surface area is 213 Å². The normalized spacial score (nSPS) is 15.3. The van der Waals surface area contributed by atoms with Crippen molar-refractivity contribution in [3.8, 4) is 11.3 Å². The molecule has 1 unspecified atom stereocenters. The molecule has 3 aromatic carbocycles. The molecule has 35 heavy (non-hydrogen) atoms. The Bertz CT molecular complexity index is 1610. The summed E-state index contributed by atoms with van der Waals surface area (Å²) >= 11 is 13.0. The minimum atomic E-state index is -0.308. The molecule has 0 spiro atoms. The second-order valence-electron chi connectivity index (χ2n) is 8.90. The molecule has 1 aliphatic heterocycles. The maximum absolute atomic E-state index is 13.7. The highest BCUT2D eigenvalue weighted by Gasteiger charge is 2.41. The minimum Gasteiger partial charge on any atom is -0.464 e. The third-order valence-corrected chi connectivity index (χ3v) is 7.33. The van der Waals surface area contributed by atoms with E-state index in [9.17, 15) is 4.79 Å². The highest BCUT2D eigenvalue weighted by molar-refractivity contribution is 6.36. The second-order valence-corrected chi connectivity index (χ2v) is 9.74. The quantitative estimate of drug-likeness (QED) is 0.252. The first-order chi connectivity index (χ1) is 16.9. The highest BCUT2D eigenvalue weighted by Crippen LogP contribution is 2.48. The van der Waals surface area contributed by atoms with Gasteiger partial charge in [-0.15, -0.1) is 0 Å². The predicted molar refractivity (Wildman–Crippen MR) is 140 cm³/mol. The number of hydrogen-bond acceptors (Lipinski definition) is 2. The van der Waals surface area contributed by atoms with E-state index in [2.05, 4.69) is 16.7 Å². The van der Waals surface area contributed by atoms with Crippen LogP contribution in [0.3, 0.4) is 0 Å². The third kappa shape index (κ3) is 3.48. The summed E-state index contributed by atoms with van der Waals surface area (Å²) < 4.78 is 8.03. The summed E-state index contributed by atoms with van der Waals surface area (Å²) in [5.41, 5.74) is 5.62. The van der Waals surface area contributed by atoms with Crippen LogP contribution >= 0.6 is 23.2 Å². The van der Waals surface area contributed by atoms with Gasteiger partial charge in [0, 0.05) is 39.7 Å². The predicted octanol–water partition coefficient (Wildman–Crippen LogP) is 7.80. The molecule has 3 heterocycles. The van der Waals surface area contributed by atoms with Crippen LogP contribution in [0.15, 0.2) is 83.3 Å². The van der Waals surface area contributed by atoms with Crippen LogP contribution in [0.1, 0.15) is 39.0 Å². The van der Waals surface area contributed by atoms with Gasteiger partial charge in [0.05, 0.1) is 23.3 Å². The fourth-order valence-electron chi connectivity index (χ4n) is 5.29. The van der Waals surface area contributed by atoms with E-state index in [1.54, 1.807) is 6.07 Å². The van der Waals surface area contributed by atoms with Crippen molar-refractivity contribution in [3.05, 3.63) is 117 Å². The molecule has 0 bridgehead atoms. The van der Waals surface area contributed by atoms with E-state index in [0.29, 0.717) is 22.2 Å². The summed E-state index contributed by atoms with van der Waals surface area (Å²) in [4.78, 5) is 15.6. The number of fused-ring (bicyclic) bond motifs is 2. The van der Waals surface area contributed by atoms with Crippen LogP contribution < -0.4 is 0 Å². The molecule has 0 aliphatic carbocycles. The van der Waals surface area contributed by atoms with Gasteiger partial charge >= 0.3 is 0 Å². The maximum atomic E-state index is 13.7. The highest BCUT2D eigenvalue weighted by atomic mass is 35.5. The SMILES string of the molecule is Cc1ccc(CN2C(=O)c3ccccc3C2c2c(-c3ccc(Cl)cc3Cl)n(C)c3ccccc23)o1. The van der Waals surface area contributed by atoms with Crippen molar-refractivity contribution in [2.45, 2.75) is 19.5 Å². The molecular weight excluding hydrogens is 479 g/mol. The molecule has 0 saturated carbocycles. The Morgan fingerprint density at radius 3 is 2.46 bits per heavy atom. The van der Waals surface area contributed by atoms with Crippen LogP contribution in [0.5, 0.6) is 0 Å². The average molecular weight is 501 g/mol. The minimum absolute atomic E-state index is 0.0132. The number of halogens is 2. The van der Waals surface area contributed by atoms with Gasteiger partial charge in [0.25, 0.3) is 5.91 Å².